The van der Waals surface area contributed by atoms with E-state index in [1.165, 1.54) is 0 Å². The van der Waals surface area contributed by atoms with Crippen molar-refractivity contribution in [2.45, 2.75) is 44.4 Å². The molecule has 1 saturated heterocycles. The normalized spacial score (nSPS) is 20.2. The highest BCUT2D eigenvalue weighted by atomic mass is 32.2. The van der Waals surface area contributed by atoms with Gasteiger partial charge in [0, 0.05) is 19.7 Å². The van der Waals surface area contributed by atoms with Gasteiger partial charge in [0.15, 0.2) is 0 Å². The lowest BCUT2D eigenvalue weighted by Gasteiger charge is -2.33. The molecular formula is C12H26N2O3S. The molecule has 1 rings (SSSR count). The van der Waals surface area contributed by atoms with E-state index < -0.39 is 10.0 Å². The molecule has 1 heterocycles. The molecule has 1 fully saturated rings. The molecule has 0 amide bonds. The number of piperidine rings is 1. The maximum Gasteiger partial charge on any atom is 0.217 e. The molecule has 1 N–H and O–H groups in total. The van der Waals surface area contributed by atoms with Crippen molar-refractivity contribution in [3.63, 3.8) is 0 Å². The van der Waals surface area contributed by atoms with E-state index in [9.17, 15) is 8.42 Å². The molecule has 5 nitrogen and oxygen atoms in total. The van der Waals surface area contributed by atoms with Gasteiger partial charge in [-0.25, -0.2) is 8.42 Å². The van der Waals surface area contributed by atoms with Gasteiger partial charge >= 0.3 is 0 Å². The largest absolute Gasteiger partial charge is 0.383 e. The van der Waals surface area contributed by atoms with E-state index in [2.05, 4.69) is 5.32 Å². The minimum absolute atomic E-state index is 0.0417. The van der Waals surface area contributed by atoms with Gasteiger partial charge in [0.1, 0.15) is 0 Å². The third-order valence-corrected chi connectivity index (χ3v) is 6.14. The van der Waals surface area contributed by atoms with Gasteiger partial charge in [-0.1, -0.05) is 6.92 Å². The number of ether oxygens (including phenoxy) is 1. The van der Waals surface area contributed by atoms with E-state index in [1.54, 1.807) is 11.4 Å². The fourth-order valence-electron chi connectivity index (χ4n) is 2.27. The average molecular weight is 278 g/mol. The first-order valence-electron chi connectivity index (χ1n) is 6.74. The molecule has 1 aliphatic heterocycles. The number of rotatable bonds is 7. The molecule has 18 heavy (non-hydrogen) atoms. The van der Waals surface area contributed by atoms with Gasteiger partial charge in [-0.3, -0.25) is 0 Å². The Morgan fingerprint density at radius 1 is 1.39 bits per heavy atom. The van der Waals surface area contributed by atoms with E-state index in [1.807, 2.05) is 13.8 Å². The Morgan fingerprint density at radius 3 is 2.50 bits per heavy atom. The van der Waals surface area contributed by atoms with Crippen LogP contribution >= 0.6 is 0 Å². The van der Waals surface area contributed by atoms with Gasteiger partial charge in [0.2, 0.25) is 10.0 Å². The van der Waals surface area contributed by atoms with Crippen LogP contribution in [0.1, 0.15) is 33.1 Å². The molecule has 1 aliphatic rings. The number of sulfonamides is 1. The second-order valence-corrected chi connectivity index (χ2v) is 7.02. The molecule has 0 aromatic rings. The van der Waals surface area contributed by atoms with Crippen LogP contribution in [0.2, 0.25) is 0 Å². The lowest BCUT2D eigenvalue weighted by atomic mass is 10.2. The van der Waals surface area contributed by atoms with Crippen molar-refractivity contribution < 1.29 is 13.2 Å². The Balaban J connectivity index is 2.80. The zero-order valence-electron chi connectivity index (χ0n) is 11.7. The van der Waals surface area contributed by atoms with Crippen LogP contribution in [-0.4, -0.2) is 57.4 Å². The predicted octanol–water partition coefficient (Wildman–Crippen LogP) is 0.815. The molecule has 1 atom stereocenters. The highest BCUT2D eigenvalue weighted by Crippen LogP contribution is 2.21. The Labute approximate surface area is 111 Å². The molecule has 0 spiro atoms. The average Bonchev–Trinajstić information content (AvgIpc) is 2.39. The van der Waals surface area contributed by atoms with E-state index in [0.717, 1.165) is 19.5 Å². The number of methoxy groups -OCH3 is 1. The Morgan fingerprint density at radius 2 is 2.00 bits per heavy atom. The maximum atomic E-state index is 12.6. The smallest absolute Gasteiger partial charge is 0.217 e. The number of hydrogen-bond acceptors (Lipinski definition) is 4. The molecule has 0 aromatic heterocycles. The van der Waals surface area contributed by atoms with Crippen LogP contribution in [0, 0.1) is 0 Å². The van der Waals surface area contributed by atoms with Crippen LogP contribution in [0.4, 0.5) is 0 Å². The number of hydrogen-bond donors (Lipinski definition) is 1. The van der Waals surface area contributed by atoms with Crippen molar-refractivity contribution in [3.8, 4) is 0 Å². The molecule has 0 radical (unpaired) electrons. The predicted molar refractivity (Wildman–Crippen MR) is 73.1 cm³/mol. The maximum absolute atomic E-state index is 12.6. The highest BCUT2D eigenvalue weighted by Gasteiger charge is 2.34. The fraction of sp³-hybridized carbons (Fsp3) is 1.00. The van der Waals surface area contributed by atoms with Crippen LogP contribution in [0.15, 0.2) is 0 Å². The minimum Gasteiger partial charge on any atom is -0.383 e. The summed E-state index contributed by atoms with van der Waals surface area (Å²) in [5.74, 6) is 0. The summed E-state index contributed by atoms with van der Waals surface area (Å²) >= 11 is 0. The van der Waals surface area contributed by atoms with Crippen molar-refractivity contribution >= 4 is 10.0 Å². The summed E-state index contributed by atoms with van der Waals surface area (Å²) in [4.78, 5) is 0. The van der Waals surface area contributed by atoms with Gasteiger partial charge < -0.3 is 10.1 Å². The quantitative estimate of drug-likeness (QED) is 0.749. The van der Waals surface area contributed by atoms with Crippen molar-refractivity contribution in [1.29, 1.82) is 0 Å². The van der Waals surface area contributed by atoms with Crippen molar-refractivity contribution in [2.75, 3.05) is 33.4 Å². The van der Waals surface area contributed by atoms with Crippen LogP contribution in [0.25, 0.3) is 0 Å². The Hall–Kier alpha value is -0.170. The fourth-order valence-corrected chi connectivity index (χ4v) is 4.46. The first kappa shape index (κ1) is 15.9. The SMILES string of the molecule is CCC(C)N(CCOC)S(=O)(=O)C1CCNCC1. The molecule has 0 aliphatic carbocycles. The summed E-state index contributed by atoms with van der Waals surface area (Å²) in [6.45, 7) is 6.48. The van der Waals surface area contributed by atoms with Gasteiger partial charge in [0.25, 0.3) is 0 Å². The van der Waals surface area contributed by atoms with Crippen molar-refractivity contribution in [3.05, 3.63) is 0 Å². The molecule has 0 aromatic carbocycles. The zero-order valence-corrected chi connectivity index (χ0v) is 12.5. The third-order valence-electron chi connectivity index (χ3n) is 3.63. The lowest BCUT2D eigenvalue weighted by Crippen LogP contribution is -2.48. The standard InChI is InChI=1S/C12H26N2O3S/c1-4-11(2)14(9-10-17-3)18(15,16)12-5-7-13-8-6-12/h11-13H,4-10H2,1-3H3. The van der Waals surface area contributed by atoms with Crippen LogP contribution < -0.4 is 5.32 Å². The zero-order chi connectivity index (χ0) is 13.6. The highest BCUT2D eigenvalue weighted by molar-refractivity contribution is 7.89. The summed E-state index contributed by atoms with van der Waals surface area (Å²) in [6, 6.07) is 0.0417. The lowest BCUT2D eigenvalue weighted by molar-refractivity contribution is 0.166. The van der Waals surface area contributed by atoms with E-state index >= 15 is 0 Å². The van der Waals surface area contributed by atoms with E-state index in [0.29, 0.717) is 26.0 Å². The number of nitrogens with zero attached hydrogens (tertiary/aromatic N) is 1. The van der Waals surface area contributed by atoms with Gasteiger partial charge in [0.05, 0.1) is 11.9 Å². The molecule has 0 bridgehead atoms. The summed E-state index contributed by atoms with van der Waals surface area (Å²) in [6.07, 6.45) is 2.25. The first-order chi connectivity index (χ1) is 8.54. The van der Waals surface area contributed by atoms with Crippen LogP contribution in [0.5, 0.6) is 0 Å². The topological polar surface area (TPSA) is 58.6 Å². The summed E-state index contributed by atoms with van der Waals surface area (Å²) in [7, 11) is -1.59. The summed E-state index contributed by atoms with van der Waals surface area (Å²) < 4.78 is 31.9. The first-order valence-corrected chi connectivity index (χ1v) is 8.24. The van der Waals surface area contributed by atoms with E-state index in [4.69, 9.17) is 4.74 Å². The summed E-state index contributed by atoms with van der Waals surface area (Å²) in [5.41, 5.74) is 0. The molecule has 0 saturated carbocycles. The van der Waals surface area contributed by atoms with Crippen molar-refractivity contribution in [1.82, 2.24) is 9.62 Å². The second-order valence-electron chi connectivity index (χ2n) is 4.86. The van der Waals surface area contributed by atoms with Crippen molar-refractivity contribution in [2.24, 2.45) is 0 Å². The molecular weight excluding hydrogens is 252 g/mol. The van der Waals surface area contributed by atoms with Gasteiger partial charge in [-0.15, -0.1) is 0 Å². The Bertz CT molecular complexity index is 326. The second kappa shape index (κ2) is 7.43. The molecule has 1 unspecified atom stereocenters. The number of nitrogens with one attached hydrogen (secondary N) is 1. The van der Waals surface area contributed by atoms with Crippen LogP contribution in [0.3, 0.4) is 0 Å². The van der Waals surface area contributed by atoms with Gasteiger partial charge in [-0.05, 0) is 39.3 Å². The molecule has 6 heteroatoms. The van der Waals surface area contributed by atoms with E-state index in [-0.39, 0.29) is 11.3 Å². The molecule has 108 valence electrons. The minimum atomic E-state index is -3.19. The summed E-state index contributed by atoms with van der Waals surface area (Å²) in [5, 5.41) is 2.97. The van der Waals surface area contributed by atoms with Gasteiger partial charge in [-0.2, -0.15) is 4.31 Å². The van der Waals surface area contributed by atoms with Crippen LogP contribution in [-0.2, 0) is 14.8 Å². The monoisotopic (exact) mass is 278 g/mol. The Kier molecular flexibility index (Phi) is 6.55. The third kappa shape index (κ3) is 3.91.